The van der Waals surface area contributed by atoms with Gasteiger partial charge in [-0.3, -0.25) is 0 Å². The number of aliphatic hydroxyl groups excluding tert-OH is 4. The summed E-state index contributed by atoms with van der Waals surface area (Å²) in [5.74, 6) is 0.407. The second-order valence-electron chi connectivity index (χ2n) is 8.91. The zero-order chi connectivity index (χ0) is 20.0. The molecule has 0 amide bonds. The topological polar surface area (TPSA) is 126 Å². The maximum atomic E-state index is 11.4. The van der Waals surface area contributed by atoms with Crippen LogP contribution in [0.15, 0.2) is 0 Å². The highest BCUT2D eigenvalue weighted by Crippen LogP contribution is 2.56. The molecule has 3 fully saturated rings. The van der Waals surface area contributed by atoms with Gasteiger partial charge in [0.25, 0.3) is 0 Å². The van der Waals surface area contributed by atoms with Crippen molar-refractivity contribution in [1.29, 1.82) is 0 Å². The molecule has 0 aromatic carbocycles. The predicted molar refractivity (Wildman–Crippen MR) is 93.7 cm³/mol. The molecule has 0 aromatic heterocycles. The van der Waals surface area contributed by atoms with Crippen LogP contribution >= 0.6 is 0 Å². The third kappa shape index (κ3) is 3.94. The van der Waals surface area contributed by atoms with Gasteiger partial charge in [0, 0.05) is 12.8 Å². The number of fused-ring (bicyclic) bond motifs is 2. The molecule has 2 bridgehead atoms. The van der Waals surface area contributed by atoms with Gasteiger partial charge in [0.15, 0.2) is 6.29 Å². The average Bonchev–Trinajstić information content (AvgIpc) is 2.74. The maximum absolute atomic E-state index is 11.4. The van der Waals surface area contributed by atoms with Crippen LogP contribution in [-0.2, 0) is 19.0 Å². The number of aliphatic hydroxyl groups is 4. The number of ether oxygens (including phenoxy) is 3. The van der Waals surface area contributed by atoms with Gasteiger partial charge >= 0.3 is 0 Å². The SMILES string of the molecule is CC(=O)CC[C@@H]1[C@@]2(C)CO[C@]1(C)C[C@@H](O[C@@H]1O[C@H](CO)[C@@H](O)[C@H](O)[C@H]1O)C2. The van der Waals surface area contributed by atoms with Crippen LogP contribution in [0.5, 0.6) is 0 Å². The molecule has 27 heavy (non-hydrogen) atoms. The Bertz CT molecular complexity index is 534. The molecule has 3 rings (SSSR count). The number of hydrogen-bond acceptors (Lipinski definition) is 8. The molecule has 0 radical (unpaired) electrons. The first kappa shape index (κ1) is 21.1. The molecule has 2 saturated heterocycles. The van der Waals surface area contributed by atoms with E-state index in [1.165, 1.54) is 0 Å². The summed E-state index contributed by atoms with van der Waals surface area (Å²) in [7, 11) is 0. The monoisotopic (exact) mass is 388 g/mol. The number of hydrogen-bond donors (Lipinski definition) is 4. The second kappa shape index (κ2) is 7.67. The number of Topliss-reactive ketones (excluding diaryl/α,β-unsaturated/α-hetero) is 1. The molecule has 3 aliphatic rings. The number of carbonyl (C=O) groups excluding carboxylic acids is 1. The van der Waals surface area contributed by atoms with E-state index in [-0.39, 0.29) is 23.2 Å². The largest absolute Gasteiger partial charge is 0.394 e. The number of ketones is 1. The first-order valence-electron chi connectivity index (χ1n) is 9.69. The Morgan fingerprint density at radius 2 is 1.85 bits per heavy atom. The minimum Gasteiger partial charge on any atom is -0.394 e. The van der Waals surface area contributed by atoms with Gasteiger partial charge in [0.2, 0.25) is 0 Å². The Labute approximate surface area is 159 Å². The Morgan fingerprint density at radius 3 is 2.44 bits per heavy atom. The summed E-state index contributed by atoms with van der Waals surface area (Å²) in [5.41, 5.74) is -0.581. The predicted octanol–water partition coefficient (Wildman–Crippen LogP) is -0.254. The second-order valence-corrected chi connectivity index (χ2v) is 8.91. The van der Waals surface area contributed by atoms with E-state index in [4.69, 9.17) is 14.2 Å². The standard InChI is InChI=1S/C19H32O8/c1-10(21)4-5-13-18(2)6-11(7-19(13,3)25-9-18)26-17-16(24)15(23)14(22)12(8-20)27-17/h11-17,20,22-24H,4-9H2,1-3H3/t11-,12+,13+,14+,15-,16+,17+,18+,19+/m0/s1. The van der Waals surface area contributed by atoms with Gasteiger partial charge in [-0.2, -0.15) is 0 Å². The van der Waals surface area contributed by atoms with Crippen molar-refractivity contribution in [2.45, 2.75) is 88.9 Å². The van der Waals surface area contributed by atoms with E-state index in [9.17, 15) is 25.2 Å². The van der Waals surface area contributed by atoms with Crippen molar-refractivity contribution in [3.05, 3.63) is 0 Å². The molecule has 0 aromatic rings. The maximum Gasteiger partial charge on any atom is 0.186 e. The van der Waals surface area contributed by atoms with Crippen LogP contribution in [-0.4, -0.2) is 81.8 Å². The molecule has 0 unspecified atom stereocenters. The third-order valence-corrected chi connectivity index (χ3v) is 6.60. The fourth-order valence-corrected chi connectivity index (χ4v) is 5.18. The summed E-state index contributed by atoms with van der Waals surface area (Å²) in [6.45, 7) is 5.86. The van der Waals surface area contributed by atoms with Crippen molar-refractivity contribution in [3.8, 4) is 0 Å². The lowest BCUT2D eigenvalue weighted by molar-refractivity contribution is -0.317. The van der Waals surface area contributed by atoms with E-state index >= 15 is 0 Å². The van der Waals surface area contributed by atoms with Gasteiger partial charge in [-0.25, -0.2) is 0 Å². The minimum absolute atomic E-state index is 0.152. The molecule has 8 heteroatoms. The number of carbonyl (C=O) groups is 1. The third-order valence-electron chi connectivity index (χ3n) is 6.60. The normalized spacial score (nSPS) is 50.0. The van der Waals surface area contributed by atoms with Crippen LogP contribution < -0.4 is 0 Å². The van der Waals surface area contributed by atoms with E-state index < -0.39 is 42.9 Å². The molecular weight excluding hydrogens is 356 g/mol. The van der Waals surface area contributed by atoms with E-state index in [1.807, 2.05) is 6.92 Å². The van der Waals surface area contributed by atoms with Crippen LogP contribution in [0, 0.1) is 11.3 Å². The highest BCUT2D eigenvalue weighted by molar-refractivity contribution is 5.75. The lowest BCUT2D eigenvalue weighted by Gasteiger charge is -2.47. The summed E-state index contributed by atoms with van der Waals surface area (Å²) in [6.07, 6.45) is -4.08. The van der Waals surface area contributed by atoms with Crippen molar-refractivity contribution >= 4 is 5.78 Å². The fourth-order valence-electron chi connectivity index (χ4n) is 5.18. The Kier molecular flexibility index (Phi) is 5.99. The summed E-state index contributed by atoms with van der Waals surface area (Å²) < 4.78 is 17.6. The smallest absolute Gasteiger partial charge is 0.186 e. The van der Waals surface area contributed by atoms with Crippen molar-refractivity contribution in [1.82, 2.24) is 0 Å². The van der Waals surface area contributed by atoms with Crippen LogP contribution in [0.1, 0.15) is 46.5 Å². The molecule has 4 N–H and O–H groups in total. The minimum atomic E-state index is -1.45. The molecule has 0 spiro atoms. The highest BCUT2D eigenvalue weighted by atomic mass is 16.7. The fraction of sp³-hybridized carbons (Fsp3) is 0.947. The van der Waals surface area contributed by atoms with Gasteiger partial charge < -0.3 is 39.4 Å². The van der Waals surface area contributed by atoms with Crippen molar-refractivity contribution in [2.24, 2.45) is 11.3 Å². The first-order valence-corrected chi connectivity index (χ1v) is 9.69. The van der Waals surface area contributed by atoms with Gasteiger partial charge in [0.1, 0.15) is 30.2 Å². The van der Waals surface area contributed by atoms with Gasteiger partial charge in [0.05, 0.1) is 24.9 Å². The summed E-state index contributed by atoms with van der Waals surface area (Å²) >= 11 is 0. The Morgan fingerprint density at radius 1 is 1.15 bits per heavy atom. The Balaban J connectivity index is 1.69. The highest BCUT2D eigenvalue weighted by Gasteiger charge is 2.59. The van der Waals surface area contributed by atoms with E-state index in [0.29, 0.717) is 25.9 Å². The molecular formula is C19H32O8. The van der Waals surface area contributed by atoms with Crippen molar-refractivity contribution in [3.63, 3.8) is 0 Å². The molecule has 2 aliphatic heterocycles. The molecule has 2 heterocycles. The van der Waals surface area contributed by atoms with Gasteiger partial charge in [-0.1, -0.05) is 6.92 Å². The zero-order valence-electron chi connectivity index (χ0n) is 16.2. The first-order chi connectivity index (χ1) is 12.6. The van der Waals surface area contributed by atoms with Crippen molar-refractivity contribution < 1.29 is 39.4 Å². The van der Waals surface area contributed by atoms with Gasteiger partial charge in [-0.05, 0) is 38.0 Å². The molecule has 1 aliphatic carbocycles. The van der Waals surface area contributed by atoms with Gasteiger partial charge in [-0.15, -0.1) is 0 Å². The van der Waals surface area contributed by atoms with E-state index in [0.717, 1.165) is 6.42 Å². The quantitative estimate of drug-likeness (QED) is 0.491. The van der Waals surface area contributed by atoms with Crippen molar-refractivity contribution in [2.75, 3.05) is 13.2 Å². The summed E-state index contributed by atoms with van der Waals surface area (Å²) in [5, 5.41) is 39.4. The van der Waals surface area contributed by atoms with Crippen LogP contribution in [0.25, 0.3) is 0 Å². The summed E-state index contributed by atoms with van der Waals surface area (Å²) in [6, 6.07) is 0. The lowest BCUT2D eigenvalue weighted by Crippen LogP contribution is -2.60. The molecule has 9 atom stereocenters. The lowest BCUT2D eigenvalue weighted by atomic mass is 9.61. The average molecular weight is 388 g/mol. The van der Waals surface area contributed by atoms with E-state index in [2.05, 4.69) is 6.92 Å². The molecule has 8 nitrogen and oxygen atoms in total. The van der Waals surface area contributed by atoms with Crippen LogP contribution in [0.4, 0.5) is 0 Å². The van der Waals surface area contributed by atoms with Crippen LogP contribution in [0.2, 0.25) is 0 Å². The zero-order valence-corrected chi connectivity index (χ0v) is 16.2. The Hall–Kier alpha value is -0.610. The number of rotatable bonds is 6. The van der Waals surface area contributed by atoms with E-state index in [1.54, 1.807) is 6.92 Å². The van der Waals surface area contributed by atoms with Crippen LogP contribution in [0.3, 0.4) is 0 Å². The molecule has 156 valence electrons. The molecule has 1 saturated carbocycles. The summed E-state index contributed by atoms with van der Waals surface area (Å²) in [4.78, 5) is 11.4.